The molecule has 0 aliphatic carbocycles. The first-order chi connectivity index (χ1) is 12.2. The van der Waals surface area contributed by atoms with Crippen LogP contribution in [0.25, 0.3) is 0 Å². The van der Waals surface area contributed by atoms with E-state index >= 15 is 0 Å². The lowest BCUT2D eigenvalue weighted by molar-refractivity contribution is -0.140. The third kappa shape index (κ3) is 4.02. The maximum atomic E-state index is 12.4. The molecule has 0 radical (unpaired) electrons. The van der Waals surface area contributed by atoms with Gasteiger partial charge in [0.05, 0.1) is 24.4 Å². The molecular formula is C19H21NO5. The molecule has 0 unspecified atom stereocenters. The molecule has 2 aromatic rings. The summed E-state index contributed by atoms with van der Waals surface area (Å²) in [5.74, 6) is 0.435. The standard InChI is InChI=1S/C19H21NO5/c1-2-24-16-5-3-4-6-17(16)25-19(22)14-7-10-20(11-8-14)18(21)15-9-12-23-13-15/h3-6,9,12-14H,2,7-8,10-11H2,1H3. The van der Waals surface area contributed by atoms with E-state index in [4.69, 9.17) is 13.9 Å². The van der Waals surface area contributed by atoms with Crippen LogP contribution >= 0.6 is 0 Å². The van der Waals surface area contributed by atoms with Crippen molar-refractivity contribution in [3.05, 3.63) is 48.4 Å². The van der Waals surface area contributed by atoms with Crippen molar-refractivity contribution in [3.63, 3.8) is 0 Å². The van der Waals surface area contributed by atoms with Crippen molar-refractivity contribution in [1.82, 2.24) is 4.90 Å². The van der Waals surface area contributed by atoms with Gasteiger partial charge in [0, 0.05) is 13.1 Å². The molecular weight excluding hydrogens is 322 g/mol. The molecule has 0 N–H and O–H groups in total. The fraction of sp³-hybridized carbons (Fsp3) is 0.368. The first kappa shape index (κ1) is 17.1. The zero-order valence-electron chi connectivity index (χ0n) is 14.1. The number of hydrogen-bond donors (Lipinski definition) is 0. The number of ether oxygens (including phenoxy) is 2. The Balaban J connectivity index is 1.56. The molecule has 1 saturated heterocycles. The molecule has 0 spiro atoms. The predicted molar refractivity (Wildman–Crippen MR) is 90.6 cm³/mol. The van der Waals surface area contributed by atoms with Gasteiger partial charge in [-0.1, -0.05) is 12.1 Å². The van der Waals surface area contributed by atoms with Crippen LogP contribution in [0.15, 0.2) is 47.3 Å². The van der Waals surface area contributed by atoms with Crippen LogP contribution in [0.2, 0.25) is 0 Å². The van der Waals surface area contributed by atoms with Gasteiger partial charge in [0.2, 0.25) is 0 Å². The van der Waals surface area contributed by atoms with E-state index in [9.17, 15) is 9.59 Å². The number of rotatable bonds is 5. The van der Waals surface area contributed by atoms with Crippen LogP contribution in [-0.2, 0) is 4.79 Å². The lowest BCUT2D eigenvalue weighted by Gasteiger charge is -2.30. The highest BCUT2D eigenvalue weighted by Crippen LogP contribution is 2.29. The van der Waals surface area contributed by atoms with Gasteiger partial charge in [0.15, 0.2) is 11.5 Å². The van der Waals surface area contributed by atoms with E-state index in [2.05, 4.69) is 0 Å². The molecule has 1 aromatic carbocycles. The molecule has 1 aliphatic rings. The van der Waals surface area contributed by atoms with Crippen molar-refractivity contribution < 1.29 is 23.5 Å². The molecule has 25 heavy (non-hydrogen) atoms. The first-order valence-corrected chi connectivity index (χ1v) is 8.44. The van der Waals surface area contributed by atoms with Crippen LogP contribution in [0.5, 0.6) is 11.5 Å². The molecule has 0 saturated carbocycles. The van der Waals surface area contributed by atoms with Crippen LogP contribution in [0.1, 0.15) is 30.1 Å². The van der Waals surface area contributed by atoms with Gasteiger partial charge in [0.1, 0.15) is 6.26 Å². The predicted octanol–water partition coefficient (Wildman–Crippen LogP) is 3.14. The zero-order chi connectivity index (χ0) is 17.6. The Morgan fingerprint density at radius 2 is 1.88 bits per heavy atom. The van der Waals surface area contributed by atoms with E-state index in [1.165, 1.54) is 12.5 Å². The molecule has 0 bridgehead atoms. The summed E-state index contributed by atoms with van der Waals surface area (Å²) in [6.07, 6.45) is 4.08. The number of benzene rings is 1. The molecule has 6 nitrogen and oxygen atoms in total. The Labute approximate surface area is 146 Å². The fourth-order valence-corrected chi connectivity index (χ4v) is 2.89. The smallest absolute Gasteiger partial charge is 0.314 e. The number of esters is 1. The van der Waals surface area contributed by atoms with E-state index in [-0.39, 0.29) is 17.8 Å². The molecule has 0 atom stereocenters. The van der Waals surface area contributed by atoms with Crippen molar-refractivity contribution in [2.24, 2.45) is 5.92 Å². The van der Waals surface area contributed by atoms with Gasteiger partial charge in [-0.15, -0.1) is 0 Å². The number of amides is 1. The Bertz CT molecular complexity index is 717. The molecule has 1 aromatic heterocycles. The van der Waals surface area contributed by atoms with Gasteiger partial charge >= 0.3 is 5.97 Å². The summed E-state index contributed by atoms with van der Waals surface area (Å²) in [7, 11) is 0. The number of furan rings is 1. The van der Waals surface area contributed by atoms with Crippen molar-refractivity contribution in [3.8, 4) is 11.5 Å². The highest BCUT2D eigenvalue weighted by atomic mass is 16.6. The lowest BCUT2D eigenvalue weighted by atomic mass is 9.96. The van der Waals surface area contributed by atoms with Gasteiger partial charge in [-0.3, -0.25) is 9.59 Å². The quantitative estimate of drug-likeness (QED) is 0.616. The maximum absolute atomic E-state index is 12.4. The van der Waals surface area contributed by atoms with Gasteiger partial charge in [-0.2, -0.15) is 0 Å². The van der Waals surface area contributed by atoms with Crippen LogP contribution in [0.3, 0.4) is 0 Å². The van der Waals surface area contributed by atoms with Gasteiger partial charge < -0.3 is 18.8 Å². The van der Waals surface area contributed by atoms with Gasteiger partial charge in [0.25, 0.3) is 5.91 Å². The summed E-state index contributed by atoms with van der Waals surface area (Å²) in [5, 5.41) is 0. The number of hydrogen-bond acceptors (Lipinski definition) is 5. The van der Waals surface area contributed by atoms with Crippen LogP contribution in [0, 0.1) is 5.92 Å². The largest absolute Gasteiger partial charge is 0.490 e. The fourth-order valence-electron chi connectivity index (χ4n) is 2.89. The van der Waals surface area contributed by atoms with E-state index in [1.807, 2.05) is 13.0 Å². The highest BCUT2D eigenvalue weighted by molar-refractivity contribution is 5.94. The average molecular weight is 343 g/mol. The number of para-hydroxylation sites is 2. The summed E-state index contributed by atoms with van der Waals surface area (Å²) in [6.45, 7) is 3.43. The maximum Gasteiger partial charge on any atom is 0.314 e. The molecule has 3 rings (SSSR count). The Morgan fingerprint density at radius 1 is 1.16 bits per heavy atom. The topological polar surface area (TPSA) is 69.0 Å². The normalized spacial score (nSPS) is 15.0. The van der Waals surface area contributed by atoms with Crippen molar-refractivity contribution in [2.75, 3.05) is 19.7 Å². The summed E-state index contributed by atoms with van der Waals surface area (Å²) in [5.41, 5.74) is 0.534. The van der Waals surface area contributed by atoms with E-state index in [1.54, 1.807) is 29.2 Å². The van der Waals surface area contributed by atoms with E-state index in [0.29, 0.717) is 49.6 Å². The molecule has 1 amide bonds. The Kier molecular flexibility index (Phi) is 5.38. The highest BCUT2D eigenvalue weighted by Gasteiger charge is 2.29. The SMILES string of the molecule is CCOc1ccccc1OC(=O)C1CCN(C(=O)c2ccoc2)CC1. The summed E-state index contributed by atoms with van der Waals surface area (Å²) >= 11 is 0. The minimum absolute atomic E-state index is 0.0674. The van der Waals surface area contributed by atoms with Crippen LogP contribution < -0.4 is 9.47 Å². The molecule has 1 aliphatic heterocycles. The van der Waals surface area contributed by atoms with E-state index < -0.39 is 0 Å². The summed E-state index contributed by atoms with van der Waals surface area (Å²) in [4.78, 5) is 26.4. The number of carbonyl (C=O) groups is 2. The molecule has 1 fully saturated rings. The van der Waals surface area contributed by atoms with Crippen LogP contribution in [0.4, 0.5) is 0 Å². The minimum atomic E-state index is -0.275. The van der Waals surface area contributed by atoms with Crippen molar-refractivity contribution in [1.29, 1.82) is 0 Å². The Morgan fingerprint density at radius 3 is 2.52 bits per heavy atom. The monoisotopic (exact) mass is 343 g/mol. The minimum Gasteiger partial charge on any atom is -0.490 e. The van der Waals surface area contributed by atoms with Gasteiger partial charge in [-0.25, -0.2) is 0 Å². The second kappa shape index (κ2) is 7.88. The molecule has 6 heteroatoms. The molecule has 2 heterocycles. The average Bonchev–Trinajstić information content (AvgIpc) is 3.18. The Hall–Kier alpha value is -2.76. The third-order valence-corrected chi connectivity index (χ3v) is 4.24. The molecule has 132 valence electrons. The lowest BCUT2D eigenvalue weighted by Crippen LogP contribution is -2.41. The summed E-state index contributed by atoms with van der Waals surface area (Å²) < 4.78 is 15.9. The van der Waals surface area contributed by atoms with Gasteiger partial charge in [-0.05, 0) is 38.0 Å². The van der Waals surface area contributed by atoms with Crippen molar-refractivity contribution in [2.45, 2.75) is 19.8 Å². The van der Waals surface area contributed by atoms with E-state index in [0.717, 1.165) is 0 Å². The number of likely N-dealkylation sites (tertiary alicyclic amines) is 1. The number of carbonyl (C=O) groups excluding carboxylic acids is 2. The zero-order valence-corrected chi connectivity index (χ0v) is 14.1. The third-order valence-electron chi connectivity index (χ3n) is 4.24. The summed E-state index contributed by atoms with van der Waals surface area (Å²) in [6, 6.07) is 8.78. The second-order valence-electron chi connectivity index (χ2n) is 5.88. The van der Waals surface area contributed by atoms with Crippen molar-refractivity contribution >= 4 is 11.9 Å². The van der Waals surface area contributed by atoms with Crippen LogP contribution in [-0.4, -0.2) is 36.5 Å². The second-order valence-corrected chi connectivity index (χ2v) is 5.88. The first-order valence-electron chi connectivity index (χ1n) is 8.44. The number of piperidine rings is 1. The number of nitrogens with zero attached hydrogens (tertiary/aromatic N) is 1.